The Morgan fingerprint density at radius 3 is 2.73 bits per heavy atom. The third kappa shape index (κ3) is 2.96. The summed E-state index contributed by atoms with van der Waals surface area (Å²) < 4.78 is 18.3. The van der Waals surface area contributed by atoms with E-state index in [2.05, 4.69) is 0 Å². The van der Waals surface area contributed by atoms with Crippen LogP contribution in [0.4, 0.5) is 10.1 Å². The Balaban J connectivity index is 1.63. The molecule has 1 aliphatic rings. The van der Waals surface area contributed by atoms with Crippen molar-refractivity contribution in [1.82, 2.24) is 0 Å². The third-order valence-electron chi connectivity index (χ3n) is 4.02. The molecule has 22 heavy (non-hydrogen) atoms. The molecule has 0 N–H and O–H groups in total. The summed E-state index contributed by atoms with van der Waals surface area (Å²) in [4.78, 5) is 14.2. The van der Waals surface area contributed by atoms with E-state index in [0.717, 1.165) is 29.0 Å². The largest absolute Gasteiger partial charge is 0.497 e. The minimum Gasteiger partial charge on any atom is -0.497 e. The Labute approximate surface area is 129 Å². The number of benzene rings is 2. The summed E-state index contributed by atoms with van der Waals surface area (Å²) in [5.74, 6) is 0.651. The smallest absolute Gasteiger partial charge is 0.227 e. The first kappa shape index (κ1) is 14.6. The van der Waals surface area contributed by atoms with Gasteiger partial charge in [0, 0.05) is 18.7 Å². The lowest BCUT2D eigenvalue weighted by molar-refractivity contribution is -0.118. The number of carbonyl (C=O) groups excluding carboxylic acids is 1. The lowest BCUT2D eigenvalue weighted by Gasteiger charge is -2.17. The van der Waals surface area contributed by atoms with Gasteiger partial charge in [-0.05, 0) is 54.3 Å². The number of rotatable bonds is 4. The Morgan fingerprint density at radius 1 is 1.23 bits per heavy atom. The van der Waals surface area contributed by atoms with Gasteiger partial charge in [0.15, 0.2) is 0 Å². The molecule has 0 radical (unpaired) electrons. The highest BCUT2D eigenvalue weighted by atomic mass is 19.1. The first-order valence-corrected chi connectivity index (χ1v) is 7.39. The molecule has 0 spiro atoms. The summed E-state index contributed by atoms with van der Waals surface area (Å²) in [6.45, 7) is 0.639. The highest BCUT2D eigenvalue weighted by Gasteiger charge is 2.24. The molecule has 0 saturated carbocycles. The number of nitrogens with zero attached hydrogens (tertiary/aromatic N) is 1. The molecule has 0 unspecified atom stereocenters. The number of fused-ring (bicyclic) bond motifs is 1. The van der Waals surface area contributed by atoms with E-state index in [0.29, 0.717) is 19.4 Å². The molecular formula is C18H18FNO2. The topological polar surface area (TPSA) is 29.5 Å². The van der Waals surface area contributed by atoms with E-state index in [1.165, 1.54) is 12.1 Å². The van der Waals surface area contributed by atoms with Gasteiger partial charge in [-0.15, -0.1) is 0 Å². The predicted octanol–water partition coefficient (Wildman–Crippen LogP) is 3.36. The summed E-state index contributed by atoms with van der Waals surface area (Å²) in [6, 6.07) is 12.4. The Morgan fingerprint density at radius 2 is 2.00 bits per heavy atom. The van der Waals surface area contributed by atoms with Crippen molar-refractivity contribution >= 4 is 11.6 Å². The van der Waals surface area contributed by atoms with E-state index in [-0.39, 0.29) is 11.7 Å². The highest BCUT2D eigenvalue weighted by Crippen LogP contribution is 2.29. The Hall–Kier alpha value is -2.36. The van der Waals surface area contributed by atoms with Crippen LogP contribution in [0, 0.1) is 5.82 Å². The predicted molar refractivity (Wildman–Crippen MR) is 83.8 cm³/mol. The molecule has 0 fully saturated rings. The maximum Gasteiger partial charge on any atom is 0.227 e. The molecule has 4 heteroatoms. The van der Waals surface area contributed by atoms with Gasteiger partial charge in [0.05, 0.1) is 7.11 Å². The van der Waals surface area contributed by atoms with Gasteiger partial charge in [-0.2, -0.15) is 0 Å². The molecule has 0 bridgehead atoms. The van der Waals surface area contributed by atoms with E-state index in [4.69, 9.17) is 4.74 Å². The lowest BCUT2D eigenvalue weighted by atomic mass is 10.1. The minimum absolute atomic E-state index is 0.0844. The van der Waals surface area contributed by atoms with Crippen LogP contribution >= 0.6 is 0 Å². The third-order valence-corrected chi connectivity index (χ3v) is 4.02. The number of ether oxygens (including phenoxy) is 1. The fourth-order valence-electron chi connectivity index (χ4n) is 2.81. The molecule has 114 valence electrons. The van der Waals surface area contributed by atoms with Crippen LogP contribution < -0.4 is 9.64 Å². The van der Waals surface area contributed by atoms with Crippen LogP contribution in [-0.4, -0.2) is 19.6 Å². The summed E-state index contributed by atoms with van der Waals surface area (Å²) in [5, 5.41) is 0. The SMILES string of the molecule is COc1ccc(CCC(=O)N2CCc3cc(F)ccc32)cc1. The van der Waals surface area contributed by atoms with E-state index in [1.54, 1.807) is 18.1 Å². The molecule has 2 aromatic rings. The van der Waals surface area contributed by atoms with Gasteiger partial charge >= 0.3 is 0 Å². The van der Waals surface area contributed by atoms with Crippen LogP contribution in [0.5, 0.6) is 5.75 Å². The zero-order valence-corrected chi connectivity index (χ0v) is 12.5. The zero-order valence-electron chi connectivity index (χ0n) is 12.5. The molecule has 2 aromatic carbocycles. The standard InChI is InChI=1S/C18H18FNO2/c1-22-16-6-2-13(3-7-16)4-9-18(21)20-11-10-14-12-15(19)5-8-17(14)20/h2-3,5-8,12H,4,9-11H2,1H3. The molecule has 3 nitrogen and oxygen atoms in total. The lowest BCUT2D eigenvalue weighted by Crippen LogP contribution is -2.29. The van der Waals surface area contributed by atoms with Crippen molar-refractivity contribution in [2.75, 3.05) is 18.6 Å². The van der Waals surface area contributed by atoms with E-state index >= 15 is 0 Å². The molecule has 1 heterocycles. The molecule has 1 amide bonds. The van der Waals surface area contributed by atoms with Crippen molar-refractivity contribution < 1.29 is 13.9 Å². The molecule has 0 atom stereocenters. The highest BCUT2D eigenvalue weighted by molar-refractivity contribution is 5.95. The average Bonchev–Trinajstić information content (AvgIpc) is 2.96. The number of methoxy groups -OCH3 is 1. The van der Waals surface area contributed by atoms with Crippen molar-refractivity contribution in [3.8, 4) is 5.75 Å². The fraction of sp³-hybridized carbons (Fsp3) is 0.278. The van der Waals surface area contributed by atoms with Crippen LogP contribution in [0.1, 0.15) is 17.5 Å². The second-order valence-electron chi connectivity index (χ2n) is 5.42. The number of amides is 1. The fourth-order valence-corrected chi connectivity index (χ4v) is 2.81. The minimum atomic E-state index is -0.244. The molecular weight excluding hydrogens is 281 g/mol. The average molecular weight is 299 g/mol. The summed E-state index contributed by atoms with van der Waals surface area (Å²) in [6.07, 6.45) is 1.86. The van der Waals surface area contributed by atoms with Crippen molar-refractivity contribution in [2.24, 2.45) is 0 Å². The molecule has 0 aliphatic carbocycles. The van der Waals surface area contributed by atoms with Gasteiger partial charge in [-0.3, -0.25) is 4.79 Å². The Bertz CT molecular complexity index is 682. The first-order chi connectivity index (χ1) is 10.7. The van der Waals surface area contributed by atoms with Gasteiger partial charge < -0.3 is 9.64 Å². The van der Waals surface area contributed by atoms with Crippen LogP contribution in [-0.2, 0) is 17.6 Å². The summed E-state index contributed by atoms with van der Waals surface area (Å²) in [5.41, 5.74) is 2.87. The number of hydrogen-bond acceptors (Lipinski definition) is 2. The van der Waals surface area contributed by atoms with Crippen molar-refractivity contribution in [1.29, 1.82) is 0 Å². The van der Waals surface area contributed by atoms with Crippen LogP contribution in [0.2, 0.25) is 0 Å². The van der Waals surface area contributed by atoms with Gasteiger partial charge in [0.1, 0.15) is 11.6 Å². The Kier molecular flexibility index (Phi) is 4.09. The number of aryl methyl sites for hydroxylation is 1. The van der Waals surface area contributed by atoms with Crippen molar-refractivity contribution in [2.45, 2.75) is 19.3 Å². The molecule has 0 aromatic heterocycles. The van der Waals surface area contributed by atoms with Crippen molar-refractivity contribution in [3.63, 3.8) is 0 Å². The number of hydrogen-bond donors (Lipinski definition) is 0. The van der Waals surface area contributed by atoms with Crippen LogP contribution in [0.25, 0.3) is 0 Å². The molecule has 1 aliphatic heterocycles. The summed E-state index contributed by atoms with van der Waals surface area (Å²) >= 11 is 0. The van der Waals surface area contributed by atoms with E-state index in [1.807, 2.05) is 24.3 Å². The number of carbonyl (C=O) groups is 1. The quantitative estimate of drug-likeness (QED) is 0.866. The van der Waals surface area contributed by atoms with E-state index < -0.39 is 0 Å². The van der Waals surface area contributed by atoms with Gasteiger partial charge in [0.2, 0.25) is 5.91 Å². The zero-order chi connectivity index (χ0) is 15.5. The number of anilines is 1. The second-order valence-corrected chi connectivity index (χ2v) is 5.42. The van der Waals surface area contributed by atoms with Gasteiger partial charge in [-0.1, -0.05) is 12.1 Å². The molecule has 3 rings (SSSR count). The monoisotopic (exact) mass is 299 g/mol. The van der Waals surface area contributed by atoms with E-state index in [9.17, 15) is 9.18 Å². The number of halogens is 1. The normalized spacial score (nSPS) is 13.1. The maximum atomic E-state index is 13.2. The maximum absolute atomic E-state index is 13.2. The van der Waals surface area contributed by atoms with Gasteiger partial charge in [0.25, 0.3) is 0 Å². The van der Waals surface area contributed by atoms with Crippen LogP contribution in [0.3, 0.4) is 0 Å². The first-order valence-electron chi connectivity index (χ1n) is 7.39. The van der Waals surface area contributed by atoms with Crippen molar-refractivity contribution in [3.05, 3.63) is 59.4 Å². The second kappa shape index (κ2) is 6.18. The van der Waals surface area contributed by atoms with Crippen LogP contribution in [0.15, 0.2) is 42.5 Å². The summed E-state index contributed by atoms with van der Waals surface area (Å²) in [7, 11) is 1.63. The molecule has 0 saturated heterocycles. The van der Waals surface area contributed by atoms with Gasteiger partial charge in [-0.25, -0.2) is 4.39 Å².